The van der Waals surface area contributed by atoms with Crippen LogP contribution in [-0.4, -0.2) is 17.0 Å². The summed E-state index contributed by atoms with van der Waals surface area (Å²) in [6.45, 7) is 1.35. The second kappa shape index (κ2) is 4.25. The summed E-state index contributed by atoms with van der Waals surface area (Å²) in [6, 6.07) is 10.5. The van der Waals surface area contributed by atoms with E-state index in [1.807, 2.05) is 12.1 Å². The molecule has 86 valence electrons. The summed E-state index contributed by atoms with van der Waals surface area (Å²) < 4.78 is 0. The first-order valence-corrected chi connectivity index (χ1v) is 5.12. The van der Waals surface area contributed by atoms with E-state index >= 15 is 0 Å². The normalized spacial score (nSPS) is 10.2. The first-order valence-electron chi connectivity index (χ1n) is 5.12. The van der Waals surface area contributed by atoms with E-state index in [-0.39, 0.29) is 11.5 Å². The molecule has 0 aliphatic heterocycles. The van der Waals surface area contributed by atoms with Gasteiger partial charge in [0.1, 0.15) is 0 Å². The number of carboxylic acids is 1. The van der Waals surface area contributed by atoms with Crippen LogP contribution in [0.15, 0.2) is 36.4 Å². The van der Waals surface area contributed by atoms with E-state index in [9.17, 15) is 9.59 Å². The lowest BCUT2D eigenvalue weighted by Gasteiger charge is -2.10. The van der Waals surface area contributed by atoms with E-state index in [1.165, 1.54) is 13.0 Å². The minimum atomic E-state index is -1.06. The molecule has 0 saturated carbocycles. The number of nitrogens with one attached hydrogen (secondary N) is 1. The van der Waals surface area contributed by atoms with Gasteiger partial charge in [-0.2, -0.15) is 0 Å². The number of carbonyl (C=O) groups excluding carboxylic acids is 1. The summed E-state index contributed by atoms with van der Waals surface area (Å²) >= 11 is 0. The Hall–Kier alpha value is -2.36. The Kier molecular flexibility index (Phi) is 2.78. The molecule has 1 amide bonds. The van der Waals surface area contributed by atoms with Crippen molar-refractivity contribution < 1.29 is 14.7 Å². The summed E-state index contributed by atoms with van der Waals surface area (Å²) in [6.07, 6.45) is 0. The lowest BCUT2D eigenvalue weighted by molar-refractivity contribution is -0.114. The van der Waals surface area contributed by atoms with Crippen molar-refractivity contribution in [2.24, 2.45) is 0 Å². The van der Waals surface area contributed by atoms with Gasteiger partial charge in [-0.3, -0.25) is 4.79 Å². The predicted molar refractivity (Wildman–Crippen MR) is 65.2 cm³/mol. The highest BCUT2D eigenvalue weighted by Crippen LogP contribution is 2.27. The van der Waals surface area contributed by atoms with E-state index in [2.05, 4.69) is 5.32 Å². The molecule has 0 aliphatic carbocycles. The number of hydrogen-bond donors (Lipinski definition) is 2. The topological polar surface area (TPSA) is 66.4 Å². The third-order valence-corrected chi connectivity index (χ3v) is 2.46. The lowest BCUT2D eigenvalue weighted by Crippen LogP contribution is -2.11. The molecule has 0 unspecified atom stereocenters. The molecular formula is C13H11NO3. The van der Waals surface area contributed by atoms with Crippen molar-refractivity contribution in [2.75, 3.05) is 5.32 Å². The number of anilines is 1. The summed E-state index contributed by atoms with van der Waals surface area (Å²) in [5.74, 6) is -1.34. The molecule has 2 aromatic rings. The smallest absolute Gasteiger partial charge is 0.337 e. The molecule has 0 spiro atoms. The number of carbonyl (C=O) groups is 2. The molecule has 0 fully saturated rings. The molecule has 2 N–H and O–H groups in total. The standard InChI is InChI=1S/C13H11NO3/c1-8(15)14-12-10-5-3-2-4-9(10)6-7-11(12)13(16)17/h2-7H,1H3,(H,14,15)(H,16,17). The van der Waals surface area contributed by atoms with Gasteiger partial charge in [-0.25, -0.2) is 4.79 Å². The number of benzene rings is 2. The maximum absolute atomic E-state index is 11.1. The lowest BCUT2D eigenvalue weighted by atomic mass is 10.0. The van der Waals surface area contributed by atoms with Gasteiger partial charge in [-0.05, 0) is 11.5 Å². The van der Waals surface area contributed by atoms with Gasteiger partial charge in [0.05, 0.1) is 11.3 Å². The third-order valence-electron chi connectivity index (χ3n) is 2.46. The van der Waals surface area contributed by atoms with Gasteiger partial charge in [0, 0.05) is 12.3 Å². The average Bonchev–Trinajstić information content (AvgIpc) is 2.28. The van der Waals surface area contributed by atoms with Crippen LogP contribution in [0.25, 0.3) is 10.8 Å². The zero-order valence-corrected chi connectivity index (χ0v) is 9.23. The van der Waals surface area contributed by atoms with Crippen molar-refractivity contribution in [3.8, 4) is 0 Å². The summed E-state index contributed by atoms with van der Waals surface area (Å²) in [7, 11) is 0. The van der Waals surface area contributed by atoms with Gasteiger partial charge in [0.2, 0.25) is 5.91 Å². The molecule has 0 saturated heterocycles. The second-order valence-electron chi connectivity index (χ2n) is 3.70. The molecule has 0 atom stereocenters. The molecule has 0 aromatic heterocycles. The number of carboxylic acid groups (broad SMARTS) is 1. The first-order chi connectivity index (χ1) is 8.09. The minimum Gasteiger partial charge on any atom is -0.478 e. The Morgan fingerprint density at radius 1 is 1.12 bits per heavy atom. The fourth-order valence-electron chi connectivity index (χ4n) is 1.76. The minimum absolute atomic E-state index is 0.0962. The number of fused-ring (bicyclic) bond motifs is 1. The van der Waals surface area contributed by atoms with Crippen molar-refractivity contribution in [1.29, 1.82) is 0 Å². The quantitative estimate of drug-likeness (QED) is 0.831. The van der Waals surface area contributed by atoms with Crippen molar-refractivity contribution in [1.82, 2.24) is 0 Å². The molecular weight excluding hydrogens is 218 g/mol. The predicted octanol–water partition coefficient (Wildman–Crippen LogP) is 2.50. The van der Waals surface area contributed by atoms with Crippen LogP contribution in [0.4, 0.5) is 5.69 Å². The van der Waals surface area contributed by atoms with E-state index in [4.69, 9.17) is 5.11 Å². The SMILES string of the molecule is CC(=O)Nc1c(C(=O)O)ccc2ccccc12. The van der Waals surface area contributed by atoms with Crippen molar-refractivity contribution in [2.45, 2.75) is 6.92 Å². The molecule has 0 radical (unpaired) electrons. The fraction of sp³-hybridized carbons (Fsp3) is 0.0769. The first kappa shape index (κ1) is 11.1. The van der Waals surface area contributed by atoms with Crippen LogP contribution in [0.1, 0.15) is 17.3 Å². The maximum Gasteiger partial charge on any atom is 0.337 e. The molecule has 0 bridgehead atoms. The van der Waals surface area contributed by atoms with Crippen LogP contribution in [0.5, 0.6) is 0 Å². The molecule has 4 nitrogen and oxygen atoms in total. The van der Waals surface area contributed by atoms with E-state index in [0.29, 0.717) is 5.69 Å². The average molecular weight is 229 g/mol. The number of hydrogen-bond acceptors (Lipinski definition) is 2. The Balaban J connectivity index is 2.74. The van der Waals surface area contributed by atoms with E-state index < -0.39 is 5.97 Å². The summed E-state index contributed by atoms with van der Waals surface area (Å²) in [4.78, 5) is 22.2. The molecule has 0 aliphatic rings. The maximum atomic E-state index is 11.1. The van der Waals surface area contributed by atoms with Crippen LogP contribution in [0.3, 0.4) is 0 Å². The van der Waals surface area contributed by atoms with Gasteiger partial charge in [-0.1, -0.05) is 30.3 Å². The Bertz CT molecular complexity index is 605. The Morgan fingerprint density at radius 2 is 1.82 bits per heavy atom. The second-order valence-corrected chi connectivity index (χ2v) is 3.70. The third kappa shape index (κ3) is 2.10. The van der Waals surface area contributed by atoms with Crippen LogP contribution in [-0.2, 0) is 4.79 Å². The van der Waals surface area contributed by atoms with Gasteiger partial charge >= 0.3 is 5.97 Å². The molecule has 2 aromatic carbocycles. The Labute approximate surface area is 97.9 Å². The Morgan fingerprint density at radius 3 is 2.47 bits per heavy atom. The van der Waals surface area contributed by atoms with Gasteiger partial charge < -0.3 is 10.4 Å². The summed E-state index contributed by atoms with van der Waals surface area (Å²) in [5, 5.41) is 13.3. The van der Waals surface area contributed by atoms with E-state index in [0.717, 1.165) is 10.8 Å². The highest BCUT2D eigenvalue weighted by molar-refractivity contribution is 6.10. The number of rotatable bonds is 2. The van der Waals surface area contributed by atoms with Crippen LogP contribution < -0.4 is 5.32 Å². The summed E-state index contributed by atoms with van der Waals surface area (Å²) in [5.41, 5.74) is 0.446. The monoisotopic (exact) mass is 229 g/mol. The molecule has 4 heteroatoms. The largest absolute Gasteiger partial charge is 0.478 e. The number of amides is 1. The van der Waals surface area contributed by atoms with E-state index in [1.54, 1.807) is 18.2 Å². The molecule has 0 heterocycles. The van der Waals surface area contributed by atoms with Gasteiger partial charge in [0.15, 0.2) is 0 Å². The highest BCUT2D eigenvalue weighted by Gasteiger charge is 2.13. The van der Waals surface area contributed by atoms with Crippen molar-refractivity contribution in [3.63, 3.8) is 0 Å². The zero-order chi connectivity index (χ0) is 12.4. The van der Waals surface area contributed by atoms with Crippen molar-refractivity contribution >= 4 is 28.3 Å². The van der Waals surface area contributed by atoms with Gasteiger partial charge in [-0.15, -0.1) is 0 Å². The zero-order valence-electron chi connectivity index (χ0n) is 9.23. The van der Waals surface area contributed by atoms with Crippen LogP contribution in [0, 0.1) is 0 Å². The molecule has 2 rings (SSSR count). The number of aromatic carboxylic acids is 1. The fourth-order valence-corrected chi connectivity index (χ4v) is 1.76. The van der Waals surface area contributed by atoms with Crippen LogP contribution in [0.2, 0.25) is 0 Å². The van der Waals surface area contributed by atoms with Crippen LogP contribution >= 0.6 is 0 Å². The molecule has 17 heavy (non-hydrogen) atoms. The van der Waals surface area contributed by atoms with Crippen molar-refractivity contribution in [3.05, 3.63) is 42.0 Å². The van der Waals surface area contributed by atoms with Gasteiger partial charge in [0.25, 0.3) is 0 Å². The highest BCUT2D eigenvalue weighted by atomic mass is 16.4.